The molecule has 0 spiro atoms. The molecule has 4 heterocycles. The van der Waals surface area contributed by atoms with Gasteiger partial charge in [-0.05, 0) is 62.2 Å². The quantitative estimate of drug-likeness (QED) is 0.507. The lowest BCUT2D eigenvalue weighted by Gasteiger charge is -2.24. The minimum absolute atomic E-state index is 0.0669. The van der Waals surface area contributed by atoms with E-state index < -0.39 is 0 Å². The molecule has 9 nitrogen and oxygen atoms in total. The molecule has 2 saturated heterocycles. The van der Waals surface area contributed by atoms with Gasteiger partial charge in [-0.2, -0.15) is 10.2 Å². The molecule has 3 aromatic rings. The number of hydrogen-bond acceptors (Lipinski definition) is 9. The highest BCUT2D eigenvalue weighted by Crippen LogP contribution is 2.33. The fourth-order valence-electron chi connectivity index (χ4n) is 4.70. The van der Waals surface area contributed by atoms with Crippen molar-refractivity contribution >= 4 is 11.6 Å². The lowest BCUT2D eigenvalue weighted by atomic mass is 9.91. The molecular formula is C27H30N6O3. The smallest absolute Gasteiger partial charge is 0.218 e. The van der Waals surface area contributed by atoms with Gasteiger partial charge in [-0.3, -0.25) is 0 Å². The molecule has 0 radical (unpaired) electrons. The number of ether oxygens (including phenoxy) is 3. The zero-order valence-electron chi connectivity index (χ0n) is 20.4. The minimum atomic E-state index is 0.0669. The molecule has 2 aliphatic rings. The number of rotatable bonds is 7. The predicted molar refractivity (Wildman–Crippen MR) is 136 cm³/mol. The number of nitrogens with zero attached hydrogens (tertiary/aromatic N) is 4. The van der Waals surface area contributed by atoms with Crippen LogP contribution in [0.15, 0.2) is 42.7 Å². The number of pyridine rings is 1. The Morgan fingerprint density at radius 3 is 2.64 bits per heavy atom. The molecule has 2 aliphatic heterocycles. The number of piperidine rings is 1. The maximum absolute atomic E-state index is 9.71. The van der Waals surface area contributed by atoms with Crippen molar-refractivity contribution in [3.8, 4) is 29.0 Å². The zero-order chi connectivity index (χ0) is 24.7. The molecule has 0 atom stereocenters. The van der Waals surface area contributed by atoms with Gasteiger partial charge >= 0.3 is 0 Å². The molecule has 2 aromatic heterocycles. The van der Waals surface area contributed by atoms with Gasteiger partial charge in [0.2, 0.25) is 5.88 Å². The Balaban J connectivity index is 1.33. The van der Waals surface area contributed by atoms with Crippen molar-refractivity contribution in [3.05, 3.63) is 53.9 Å². The number of methoxy groups -OCH3 is 1. The second-order valence-electron chi connectivity index (χ2n) is 8.99. The predicted octanol–water partition coefficient (Wildman–Crippen LogP) is 4.19. The Morgan fingerprint density at radius 1 is 1.03 bits per heavy atom. The maximum Gasteiger partial charge on any atom is 0.218 e. The third kappa shape index (κ3) is 5.56. The van der Waals surface area contributed by atoms with Crippen molar-refractivity contribution in [2.75, 3.05) is 38.7 Å². The summed E-state index contributed by atoms with van der Waals surface area (Å²) in [5.74, 6) is 2.92. The minimum Gasteiger partial charge on any atom is -0.489 e. The van der Waals surface area contributed by atoms with Crippen LogP contribution in [0.1, 0.15) is 42.7 Å². The number of nitriles is 1. The summed E-state index contributed by atoms with van der Waals surface area (Å²) in [6, 6.07) is 13.7. The Hall–Kier alpha value is -3.74. The van der Waals surface area contributed by atoms with E-state index in [0.29, 0.717) is 53.7 Å². The summed E-state index contributed by atoms with van der Waals surface area (Å²) in [4.78, 5) is 13.4. The number of anilines is 2. The second-order valence-corrected chi connectivity index (χ2v) is 8.99. The van der Waals surface area contributed by atoms with E-state index in [1.54, 1.807) is 13.2 Å². The first-order chi connectivity index (χ1) is 17.7. The van der Waals surface area contributed by atoms with Crippen LogP contribution >= 0.6 is 0 Å². The molecule has 186 valence electrons. The van der Waals surface area contributed by atoms with Gasteiger partial charge in [0.05, 0.1) is 31.6 Å². The van der Waals surface area contributed by atoms with Crippen molar-refractivity contribution < 1.29 is 14.2 Å². The largest absolute Gasteiger partial charge is 0.489 e. The first kappa shape index (κ1) is 24.0. The van der Waals surface area contributed by atoms with Crippen LogP contribution in [-0.4, -0.2) is 54.5 Å². The number of hydrogen-bond donors (Lipinski definition) is 2. The molecule has 0 saturated carbocycles. The highest BCUT2D eigenvalue weighted by atomic mass is 16.5. The zero-order valence-corrected chi connectivity index (χ0v) is 20.4. The van der Waals surface area contributed by atoms with E-state index in [0.717, 1.165) is 49.9 Å². The van der Waals surface area contributed by atoms with Crippen LogP contribution in [-0.2, 0) is 4.74 Å². The normalized spacial score (nSPS) is 16.8. The van der Waals surface area contributed by atoms with Crippen LogP contribution < -0.4 is 20.1 Å². The summed E-state index contributed by atoms with van der Waals surface area (Å²) >= 11 is 0. The second kappa shape index (κ2) is 11.3. The maximum atomic E-state index is 9.71. The highest BCUT2D eigenvalue weighted by Gasteiger charge is 2.21. The number of aromatic nitrogens is 3. The summed E-state index contributed by atoms with van der Waals surface area (Å²) in [7, 11) is 1.65. The van der Waals surface area contributed by atoms with Crippen LogP contribution in [0.5, 0.6) is 11.6 Å². The van der Waals surface area contributed by atoms with Crippen molar-refractivity contribution in [2.24, 2.45) is 0 Å². The molecule has 1 aromatic carbocycles. The van der Waals surface area contributed by atoms with Crippen molar-refractivity contribution in [2.45, 2.75) is 37.7 Å². The van der Waals surface area contributed by atoms with E-state index in [-0.39, 0.29) is 6.10 Å². The summed E-state index contributed by atoms with van der Waals surface area (Å²) in [6.45, 7) is 3.38. The lowest BCUT2D eigenvalue weighted by Crippen LogP contribution is -2.27. The van der Waals surface area contributed by atoms with E-state index in [9.17, 15) is 5.26 Å². The van der Waals surface area contributed by atoms with Gasteiger partial charge < -0.3 is 24.8 Å². The number of nitrogens with one attached hydrogen (secondary N) is 2. The number of benzene rings is 1. The Kier molecular flexibility index (Phi) is 7.55. The van der Waals surface area contributed by atoms with E-state index >= 15 is 0 Å². The average Bonchev–Trinajstić information content (AvgIpc) is 2.94. The van der Waals surface area contributed by atoms with Crippen LogP contribution in [0.3, 0.4) is 0 Å². The van der Waals surface area contributed by atoms with Gasteiger partial charge in [-0.1, -0.05) is 0 Å². The topological polar surface area (TPSA) is 114 Å². The fourth-order valence-corrected chi connectivity index (χ4v) is 4.70. The van der Waals surface area contributed by atoms with E-state index in [4.69, 9.17) is 14.2 Å². The molecular weight excluding hydrogens is 456 g/mol. The molecule has 5 rings (SSSR count). The Labute approximate surface area is 210 Å². The molecule has 2 fully saturated rings. The monoisotopic (exact) mass is 486 g/mol. The third-order valence-corrected chi connectivity index (χ3v) is 6.64. The van der Waals surface area contributed by atoms with E-state index in [1.807, 2.05) is 24.3 Å². The van der Waals surface area contributed by atoms with Gasteiger partial charge in [0, 0.05) is 30.0 Å². The molecule has 36 heavy (non-hydrogen) atoms. The fraction of sp³-hybridized carbons (Fsp3) is 0.407. The highest BCUT2D eigenvalue weighted by molar-refractivity contribution is 5.67. The van der Waals surface area contributed by atoms with Crippen molar-refractivity contribution in [3.63, 3.8) is 0 Å². The SMILES string of the molecule is COc1nc(Nc2cc(-c3ccc(OC4CCOCC4)c(C#N)c3)ncn2)ccc1C1CCNCC1. The summed E-state index contributed by atoms with van der Waals surface area (Å²) in [6.07, 6.45) is 5.36. The van der Waals surface area contributed by atoms with Gasteiger partial charge in [0.25, 0.3) is 0 Å². The molecule has 9 heteroatoms. The standard InChI is InChI=1S/C27H30N6O3/c1-34-27-22(18-6-10-29-11-7-18)3-5-25(33-27)32-26-15-23(30-17-31-26)19-2-4-24(20(14-19)16-28)36-21-8-12-35-13-9-21/h2-5,14-15,17-18,21,29H,6-13H2,1H3,(H,30,31,32,33). The van der Waals surface area contributed by atoms with Crippen LogP contribution in [0.2, 0.25) is 0 Å². The van der Waals surface area contributed by atoms with Gasteiger partial charge in [-0.25, -0.2) is 9.97 Å². The molecule has 0 aliphatic carbocycles. The Morgan fingerprint density at radius 2 is 1.86 bits per heavy atom. The first-order valence-electron chi connectivity index (χ1n) is 12.4. The first-order valence-corrected chi connectivity index (χ1v) is 12.4. The third-order valence-electron chi connectivity index (χ3n) is 6.64. The molecule has 2 N–H and O–H groups in total. The van der Waals surface area contributed by atoms with Crippen LogP contribution in [0.25, 0.3) is 11.3 Å². The lowest BCUT2D eigenvalue weighted by molar-refractivity contribution is 0.0254. The van der Waals surface area contributed by atoms with Crippen molar-refractivity contribution in [1.29, 1.82) is 5.26 Å². The molecule has 0 bridgehead atoms. The van der Waals surface area contributed by atoms with Crippen LogP contribution in [0.4, 0.5) is 11.6 Å². The molecule has 0 amide bonds. The Bertz CT molecular complexity index is 1230. The molecule has 0 unspecified atom stereocenters. The van der Waals surface area contributed by atoms with Gasteiger partial charge in [0.1, 0.15) is 35.9 Å². The summed E-state index contributed by atoms with van der Waals surface area (Å²) in [5.41, 5.74) is 3.12. The van der Waals surface area contributed by atoms with Gasteiger partial charge in [-0.15, -0.1) is 0 Å². The van der Waals surface area contributed by atoms with E-state index in [2.05, 4.69) is 37.7 Å². The van der Waals surface area contributed by atoms with Crippen molar-refractivity contribution in [1.82, 2.24) is 20.3 Å². The average molecular weight is 487 g/mol. The summed E-state index contributed by atoms with van der Waals surface area (Å²) in [5, 5.41) is 16.4. The van der Waals surface area contributed by atoms with Crippen LogP contribution in [0, 0.1) is 11.3 Å². The van der Waals surface area contributed by atoms with Gasteiger partial charge in [0.15, 0.2) is 0 Å². The van der Waals surface area contributed by atoms with E-state index in [1.165, 1.54) is 6.33 Å². The summed E-state index contributed by atoms with van der Waals surface area (Å²) < 4.78 is 17.1.